The maximum atomic E-state index is 10.6. The fourth-order valence-corrected chi connectivity index (χ4v) is 3.98. The summed E-state index contributed by atoms with van der Waals surface area (Å²) < 4.78 is 63.5. The molecular formula is C30H33F6N3O5. The van der Waals surface area contributed by atoms with Gasteiger partial charge in [-0.25, -0.2) is 9.59 Å². The lowest BCUT2D eigenvalue weighted by molar-refractivity contribution is -0.193. The molecule has 8 nitrogen and oxygen atoms in total. The van der Waals surface area contributed by atoms with Crippen LogP contribution in [0.1, 0.15) is 30.5 Å². The highest BCUT2D eigenvalue weighted by Crippen LogP contribution is 2.25. The Balaban J connectivity index is 0.000000402. The van der Waals surface area contributed by atoms with Gasteiger partial charge in [-0.2, -0.15) is 26.3 Å². The average Bonchev–Trinajstić information content (AvgIpc) is 2.94. The molecule has 1 aliphatic heterocycles. The normalized spacial score (nSPS) is 14.5. The molecule has 3 aromatic rings. The molecule has 1 saturated heterocycles. The minimum atomic E-state index is -5.08. The number of hydrogen-bond acceptors (Lipinski definition) is 6. The zero-order chi connectivity index (χ0) is 33.1. The van der Waals surface area contributed by atoms with E-state index >= 15 is 0 Å². The van der Waals surface area contributed by atoms with E-state index in [0.29, 0.717) is 0 Å². The Hall–Kier alpha value is -4.01. The summed E-state index contributed by atoms with van der Waals surface area (Å²) in [5.74, 6) is -5.51. The second-order valence-electron chi connectivity index (χ2n) is 10.3. The van der Waals surface area contributed by atoms with Crippen molar-refractivity contribution in [2.24, 2.45) is 0 Å². The van der Waals surface area contributed by atoms with Gasteiger partial charge < -0.3 is 15.3 Å². The van der Waals surface area contributed by atoms with E-state index in [1.165, 1.54) is 22.3 Å². The lowest BCUT2D eigenvalue weighted by Gasteiger charge is -2.34. The Morgan fingerprint density at radius 3 is 1.30 bits per heavy atom. The highest BCUT2D eigenvalue weighted by atomic mass is 19.4. The van der Waals surface area contributed by atoms with Crippen molar-refractivity contribution < 1.29 is 51.3 Å². The predicted octanol–water partition coefficient (Wildman–Crippen LogP) is 5.56. The van der Waals surface area contributed by atoms with Gasteiger partial charge in [0.05, 0.1) is 5.60 Å². The number of pyridine rings is 1. The lowest BCUT2D eigenvalue weighted by atomic mass is 9.95. The minimum Gasteiger partial charge on any atom is -0.475 e. The van der Waals surface area contributed by atoms with Gasteiger partial charge in [-0.05, 0) is 53.8 Å². The Kier molecular flexibility index (Phi) is 12.9. The van der Waals surface area contributed by atoms with Gasteiger partial charge in [0.1, 0.15) is 0 Å². The second-order valence-corrected chi connectivity index (χ2v) is 10.3. The van der Waals surface area contributed by atoms with Crippen molar-refractivity contribution in [2.45, 2.75) is 44.9 Å². The summed E-state index contributed by atoms with van der Waals surface area (Å²) in [7, 11) is 0. The highest BCUT2D eigenvalue weighted by Gasteiger charge is 2.38. The van der Waals surface area contributed by atoms with Crippen molar-refractivity contribution >= 4 is 11.9 Å². The third-order valence-electron chi connectivity index (χ3n) is 6.39. The van der Waals surface area contributed by atoms with E-state index in [4.69, 9.17) is 19.8 Å². The van der Waals surface area contributed by atoms with Crippen molar-refractivity contribution in [3.8, 4) is 11.1 Å². The molecule has 240 valence electrons. The third kappa shape index (κ3) is 12.7. The van der Waals surface area contributed by atoms with Crippen molar-refractivity contribution in [3.63, 3.8) is 0 Å². The Bertz CT molecular complexity index is 1300. The molecule has 0 saturated carbocycles. The molecule has 3 N–H and O–H groups in total. The zero-order valence-corrected chi connectivity index (χ0v) is 23.9. The van der Waals surface area contributed by atoms with Gasteiger partial charge in [0.15, 0.2) is 0 Å². The number of nitrogens with zero attached hydrogens (tertiary/aromatic N) is 3. The first-order valence-electron chi connectivity index (χ1n) is 13.2. The van der Waals surface area contributed by atoms with Gasteiger partial charge >= 0.3 is 24.3 Å². The molecule has 0 unspecified atom stereocenters. The van der Waals surface area contributed by atoms with Crippen LogP contribution < -0.4 is 0 Å². The number of alkyl halides is 6. The van der Waals surface area contributed by atoms with Crippen LogP contribution in [0.25, 0.3) is 11.1 Å². The maximum absolute atomic E-state index is 10.6. The van der Waals surface area contributed by atoms with Gasteiger partial charge in [0.25, 0.3) is 0 Å². The Labute approximate surface area is 250 Å². The molecule has 0 amide bonds. The van der Waals surface area contributed by atoms with Crippen molar-refractivity contribution in [1.29, 1.82) is 0 Å². The molecule has 0 atom stereocenters. The predicted molar refractivity (Wildman–Crippen MR) is 149 cm³/mol. The number of aliphatic carboxylic acids is 2. The summed E-state index contributed by atoms with van der Waals surface area (Å²) in [5.41, 5.74) is 5.22. The molecule has 44 heavy (non-hydrogen) atoms. The Morgan fingerprint density at radius 2 is 0.977 bits per heavy atom. The summed E-state index contributed by atoms with van der Waals surface area (Å²) in [5, 5.41) is 24.4. The molecular weight excluding hydrogens is 596 g/mol. The molecule has 1 fully saturated rings. The SMILES string of the molecule is CC(C)(O)c1ccc(-c2ccc(CN3CCN(Cc4ccncc4)CC3)cc2)cc1.O=C(O)C(F)(F)F.O=C(O)C(F)(F)F. The number of carbonyl (C=O) groups is 2. The van der Waals surface area contributed by atoms with Crippen LogP contribution in [0.2, 0.25) is 0 Å². The standard InChI is InChI=1S/C26H31N3O.2C2HF3O2/c1-26(2,30)25-9-7-24(8-10-25)23-5-3-21(4-6-23)19-28-15-17-29(18-16-28)20-22-11-13-27-14-12-22;2*3-2(4,5)1(6)7/h3-14,30H,15-20H2,1-2H3;2*(H,6,7). The van der Waals surface area contributed by atoms with Crippen LogP contribution in [0.3, 0.4) is 0 Å². The highest BCUT2D eigenvalue weighted by molar-refractivity contribution is 5.73. The quantitative estimate of drug-likeness (QED) is 0.304. The van der Waals surface area contributed by atoms with E-state index in [9.17, 15) is 31.4 Å². The van der Waals surface area contributed by atoms with Crippen LogP contribution in [0, 0.1) is 0 Å². The molecule has 2 heterocycles. The Morgan fingerprint density at radius 1 is 0.659 bits per heavy atom. The van der Waals surface area contributed by atoms with E-state index in [1.54, 1.807) is 0 Å². The summed E-state index contributed by atoms with van der Waals surface area (Å²) in [6.07, 6.45) is -6.42. The van der Waals surface area contributed by atoms with E-state index < -0.39 is 29.9 Å². The number of halogens is 6. The molecule has 0 aliphatic carbocycles. The van der Waals surface area contributed by atoms with Crippen LogP contribution in [0.15, 0.2) is 73.1 Å². The van der Waals surface area contributed by atoms with Crippen LogP contribution in [-0.4, -0.2) is 80.6 Å². The van der Waals surface area contributed by atoms with Gasteiger partial charge in [-0.15, -0.1) is 0 Å². The second kappa shape index (κ2) is 15.6. The number of aliphatic hydroxyl groups is 1. The molecule has 4 rings (SSSR count). The van der Waals surface area contributed by atoms with Crippen molar-refractivity contribution in [1.82, 2.24) is 14.8 Å². The van der Waals surface area contributed by atoms with Crippen LogP contribution in [0.5, 0.6) is 0 Å². The first-order chi connectivity index (χ1) is 20.4. The molecule has 0 spiro atoms. The smallest absolute Gasteiger partial charge is 0.475 e. The molecule has 2 aromatic carbocycles. The van der Waals surface area contributed by atoms with E-state index in [2.05, 4.69) is 63.3 Å². The van der Waals surface area contributed by atoms with Crippen LogP contribution >= 0.6 is 0 Å². The number of piperazine rings is 1. The monoisotopic (exact) mass is 629 g/mol. The number of aromatic nitrogens is 1. The number of benzene rings is 2. The van der Waals surface area contributed by atoms with Crippen molar-refractivity contribution in [3.05, 3.63) is 89.7 Å². The zero-order valence-electron chi connectivity index (χ0n) is 23.9. The summed E-state index contributed by atoms with van der Waals surface area (Å²) >= 11 is 0. The van der Waals surface area contributed by atoms with Crippen LogP contribution in [0.4, 0.5) is 26.3 Å². The van der Waals surface area contributed by atoms with E-state index in [0.717, 1.165) is 44.8 Å². The third-order valence-corrected chi connectivity index (χ3v) is 6.39. The van der Waals surface area contributed by atoms with Crippen molar-refractivity contribution in [2.75, 3.05) is 26.2 Å². The van der Waals surface area contributed by atoms with Gasteiger partial charge in [0.2, 0.25) is 0 Å². The largest absolute Gasteiger partial charge is 0.490 e. The number of hydrogen-bond donors (Lipinski definition) is 3. The maximum Gasteiger partial charge on any atom is 0.490 e. The van der Waals surface area contributed by atoms with Gasteiger partial charge in [0, 0.05) is 51.7 Å². The molecule has 1 aliphatic rings. The molecule has 1 aromatic heterocycles. The fourth-order valence-electron chi connectivity index (χ4n) is 3.98. The van der Waals surface area contributed by atoms with E-state index in [-0.39, 0.29) is 0 Å². The molecule has 0 radical (unpaired) electrons. The number of rotatable bonds is 6. The first kappa shape index (κ1) is 36.2. The van der Waals surface area contributed by atoms with Crippen LogP contribution in [-0.2, 0) is 28.3 Å². The summed E-state index contributed by atoms with van der Waals surface area (Å²) in [6.45, 7) is 10.1. The molecule has 0 bridgehead atoms. The first-order valence-corrected chi connectivity index (χ1v) is 13.2. The van der Waals surface area contributed by atoms with Gasteiger partial charge in [-0.3, -0.25) is 14.8 Å². The minimum absolute atomic E-state index is 0.801. The summed E-state index contributed by atoms with van der Waals surface area (Å²) in [6, 6.07) is 21.3. The summed E-state index contributed by atoms with van der Waals surface area (Å²) in [4.78, 5) is 26.9. The molecule has 14 heteroatoms. The van der Waals surface area contributed by atoms with E-state index in [1.807, 2.05) is 38.4 Å². The van der Waals surface area contributed by atoms with Gasteiger partial charge in [-0.1, -0.05) is 48.5 Å². The lowest BCUT2D eigenvalue weighted by Crippen LogP contribution is -2.45. The topological polar surface area (TPSA) is 114 Å². The average molecular weight is 630 g/mol. The fraction of sp³-hybridized carbons (Fsp3) is 0.367. The number of carboxylic acids is 2. The number of carboxylic acid groups (broad SMARTS) is 2.